The van der Waals surface area contributed by atoms with E-state index in [1.807, 2.05) is 12.1 Å². The van der Waals surface area contributed by atoms with Crippen LogP contribution in [-0.4, -0.2) is 41.5 Å². The van der Waals surface area contributed by atoms with Crippen molar-refractivity contribution < 1.29 is 4.79 Å². The normalized spacial score (nSPS) is 26.2. The zero-order valence-corrected chi connectivity index (χ0v) is 14.1. The summed E-state index contributed by atoms with van der Waals surface area (Å²) in [5, 5.41) is 4.15. The van der Waals surface area contributed by atoms with E-state index in [0.29, 0.717) is 16.8 Å². The second kappa shape index (κ2) is 6.06. The van der Waals surface area contributed by atoms with Crippen LogP contribution in [0.5, 0.6) is 0 Å². The number of nitrogens with one attached hydrogen (secondary N) is 1. The van der Waals surface area contributed by atoms with Gasteiger partial charge < -0.3 is 10.2 Å². The van der Waals surface area contributed by atoms with Crippen molar-refractivity contribution in [3.8, 4) is 10.6 Å². The number of carbonyl (C=O) groups excluding carboxylic acids is 1. The summed E-state index contributed by atoms with van der Waals surface area (Å²) in [5.41, 5.74) is 2.30. The SMILES string of the molecule is Cc1ccccc1-c1ncc(C(=O)N[C@H]2CN3CCC2CC3)s1. The first-order valence-electron chi connectivity index (χ1n) is 8.26. The van der Waals surface area contributed by atoms with E-state index in [0.717, 1.165) is 17.1 Å². The maximum absolute atomic E-state index is 12.6. The first-order valence-corrected chi connectivity index (χ1v) is 9.07. The van der Waals surface area contributed by atoms with Crippen molar-refractivity contribution in [2.75, 3.05) is 19.6 Å². The number of amides is 1. The fraction of sp³-hybridized carbons (Fsp3) is 0.444. The Morgan fingerprint density at radius 2 is 2.09 bits per heavy atom. The summed E-state index contributed by atoms with van der Waals surface area (Å²) in [6.45, 7) is 5.45. The number of fused-ring (bicyclic) bond motifs is 3. The van der Waals surface area contributed by atoms with Crippen molar-refractivity contribution in [1.29, 1.82) is 0 Å². The highest BCUT2D eigenvalue weighted by atomic mass is 32.1. The van der Waals surface area contributed by atoms with Gasteiger partial charge in [-0.05, 0) is 44.3 Å². The molecule has 1 amide bonds. The van der Waals surface area contributed by atoms with Crippen molar-refractivity contribution in [3.05, 3.63) is 40.9 Å². The van der Waals surface area contributed by atoms with Gasteiger partial charge in [-0.25, -0.2) is 4.98 Å². The van der Waals surface area contributed by atoms with Crippen molar-refractivity contribution in [2.45, 2.75) is 25.8 Å². The van der Waals surface area contributed by atoms with Gasteiger partial charge in [-0.15, -0.1) is 11.3 Å². The number of thiazole rings is 1. The van der Waals surface area contributed by atoms with Crippen LogP contribution in [0.2, 0.25) is 0 Å². The molecule has 0 saturated carbocycles. The lowest BCUT2D eigenvalue weighted by Gasteiger charge is -2.44. The summed E-state index contributed by atoms with van der Waals surface area (Å²) < 4.78 is 0. The van der Waals surface area contributed by atoms with Gasteiger partial charge in [-0.1, -0.05) is 24.3 Å². The second-order valence-electron chi connectivity index (χ2n) is 6.56. The second-order valence-corrected chi connectivity index (χ2v) is 7.59. The molecule has 23 heavy (non-hydrogen) atoms. The number of rotatable bonds is 3. The molecule has 3 aliphatic rings. The van der Waals surface area contributed by atoms with E-state index in [1.54, 1.807) is 6.20 Å². The lowest BCUT2D eigenvalue weighted by molar-refractivity contribution is 0.0622. The maximum atomic E-state index is 12.6. The molecule has 0 aliphatic carbocycles. The van der Waals surface area contributed by atoms with E-state index in [4.69, 9.17) is 0 Å². The highest BCUT2D eigenvalue weighted by Gasteiger charge is 2.35. The van der Waals surface area contributed by atoms with Crippen molar-refractivity contribution in [3.63, 3.8) is 0 Å². The highest BCUT2D eigenvalue weighted by molar-refractivity contribution is 7.16. The molecule has 0 unspecified atom stereocenters. The predicted octanol–water partition coefficient (Wildman–Crippen LogP) is 2.94. The van der Waals surface area contributed by atoms with Gasteiger partial charge in [0.25, 0.3) is 5.91 Å². The Morgan fingerprint density at radius 3 is 2.78 bits per heavy atom. The van der Waals surface area contributed by atoms with E-state index in [2.05, 4.69) is 34.3 Å². The van der Waals surface area contributed by atoms with Crippen LogP contribution in [0.4, 0.5) is 0 Å². The molecule has 1 aromatic carbocycles. The van der Waals surface area contributed by atoms with E-state index in [9.17, 15) is 4.79 Å². The maximum Gasteiger partial charge on any atom is 0.263 e. The van der Waals surface area contributed by atoms with Gasteiger partial charge in [-0.2, -0.15) is 0 Å². The number of hydrogen-bond donors (Lipinski definition) is 1. The van der Waals surface area contributed by atoms with E-state index in [-0.39, 0.29) is 5.91 Å². The van der Waals surface area contributed by atoms with Gasteiger partial charge in [0, 0.05) is 18.2 Å². The van der Waals surface area contributed by atoms with E-state index in [1.165, 1.54) is 42.8 Å². The highest BCUT2D eigenvalue weighted by Crippen LogP contribution is 2.30. The van der Waals surface area contributed by atoms with Crippen LogP contribution in [0.15, 0.2) is 30.5 Å². The monoisotopic (exact) mass is 327 g/mol. The molecule has 4 heterocycles. The zero-order chi connectivity index (χ0) is 15.8. The van der Waals surface area contributed by atoms with Crippen LogP contribution in [0.3, 0.4) is 0 Å². The average Bonchev–Trinajstić information content (AvgIpc) is 3.06. The van der Waals surface area contributed by atoms with Crippen LogP contribution in [-0.2, 0) is 0 Å². The summed E-state index contributed by atoms with van der Waals surface area (Å²) in [5.74, 6) is 0.675. The average molecular weight is 327 g/mol. The molecule has 3 fully saturated rings. The smallest absolute Gasteiger partial charge is 0.263 e. The first kappa shape index (κ1) is 14.8. The number of aryl methyl sites for hydroxylation is 1. The lowest BCUT2D eigenvalue weighted by atomic mass is 9.84. The minimum Gasteiger partial charge on any atom is -0.347 e. The lowest BCUT2D eigenvalue weighted by Crippen LogP contribution is -2.57. The third-order valence-corrected chi connectivity index (χ3v) is 6.11. The third kappa shape index (κ3) is 2.91. The van der Waals surface area contributed by atoms with Crippen molar-refractivity contribution in [1.82, 2.24) is 15.2 Å². The summed E-state index contributed by atoms with van der Waals surface area (Å²) in [6, 6.07) is 8.46. The van der Waals surface area contributed by atoms with Crippen molar-refractivity contribution in [2.24, 2.45) is 5.92 Å². The summed E-state index contributed by atoms with van der Waals surface area (Å²) in [4.78, 5) is 20.2. The number of carbonyl (C=O) groups is 1. The fourth-order valence-corrected chi connectivity index (χ4v) is 4.59. The summed E-state index contributed by atoms with van der Waals surface area (Å²) >= 11 is 1.48. The van der Waals surface area contributed by atoms with Gasteiger partial charge in [0.2, 0.25) is 0 Å². The molecule has 120 valence electrons. The Balaban J connectivity index is 1.48. The van der Waals surface area contributed by atoms with Gasteiger partial charge in [0.15, 0.2) is 0 Å². The molecule has 5 rings (SSSR count). The molecule has 3 aliphatic heterocycles. The molecule has 1 N–H and O–H groups in total. The molecule has 1 aromatic heterocycles. The van der Waals surface area contributed by atoms with Gasteiger partial charge >= 0.3 is 0 Å². The minimum atomic E-state index is 0.0288. The molecule has 0 radical (unpaired) electrons. The van der Waals surface area contributed by atoms with Crippen LogP contribution < -0.4 is 5.32 Å². The zero-order valence-electron chi connectivity index (χ0n) is 13.3. The third-order valence-electron chi connectivity index (χ3n) is 5.08. The van der Waals surface area contributed by atoms with Crippen molar-refractivity contribution >= 4 is 17.2 Å². The molecule has 0 spiro atoms. The summed E-state index contributed by atoms with van der Waals surface area (Å²) in [7, 11) is 0. The minimum absolute atomic E-state index is 0.0288. The van der Waals surface area contributed by atoms with Crippen LogP contribution in [0.1, 0.15) is 28.1 Å². The summed E-state index contributed by atoms with van der Waals surface area (Å²) in [6.07, 6.45) is 4.13. The molecule has 2 bridgehead atoms. The Labute approximate surface area is 140 Å². The van der Waals surface area contributed by atoms with Crippen LogP contribution >= 0.6 is 11.3 Å². The van der Waals surface area contributed by atoms with Gasteiger partial charge in [0.1, 0.15) is 9.88 Å². The molecular weight excluding hydrogens is 306 g/mol. The number of aromatic nitrogens is 1. The predicted molar refractivity (Wildman–Crippen MR) is 92.7 cm³/mol. The number of hydrogen-bond acceptors (Lipinski definition) is 4. The molecule has 4 nitrogen and oxygen atoms in total. The van der Waals surface area contributed by atoms with E-state index < -0.39 is 0 Å². The molecular formula is C18H21N3OS. The Bertz CT molecular complexity index is 719. The topological polar surface area (TPSA) is 45.2 Å². The first-order chi connectivity index (χ1) is 11.2. The van der Waals surface area contributed by atoms with Gasteiger partial charge in [0.05, 0.1) is 6.20 Å². The van der Waals surface area contributed by atoms with Gasteiger partial charge in [-0.3, -0.25) is 4.79 Å². The quantitative estimate of drug-likeness (QED) is 0.943. The number of piperidine rings is 3. The Morgan fingerprint density at radius 1 is 1.30 bits per heavy atom. The number of benzene rings is 1. The Kier molecular flexibility index (Phi) is 3.91. The van der Waals surface area contributed by atoms with Crippen LogP contribution in [0.25, 0.3) is 10.6 Å². The standard InChI is InChI=1S/C18H21N3OS/c1-12-4-2-3-5-14(12)18-19-10-16(23-18)17(22)20-15-11-21-8-6-13(15)7-9-21/h2-5,10,13,15H,6-9,11H2,1H3,(H,20,22)/t15-/m0/s1. The molecule has 3 saturated heterocycles. The van der Waals surface area contributed by atoms with E-state index >= 15 is 0 Å². The molecule has 2 aromatic rings. The molecule has 1 atom stereocenters. The van der Waals surface area contributed by atoms with Crippen LogP contribution in [0, 0.1) is 12.8 Å². The number of nitrogens with zero attached hydrogens (tertiary/aromatic N) is 2. The fourth-order valence-electron chi connectivity index (χ4n) is 3.68. The Hall–Kier alpha value is -1.72. The largest absolute Gasteiger partial charge is 0.347 e. The molecule has 5 heteroatoms.